The van der Waals surface area contributed by atoms with Crippen LogP contribution in [0.15, 0.2) is 48.1 Å². The number of rotatable bonds is 2. The number of carbonyl (C=O) groups is 1. The van der Waals surface area contributed by atoms with Crippen molar-refractivity contribution in [3.8, 4) is 0 Å². The summed E-state index contributed by atoms with van der Waals surface area (Å²) in [7, 11) is 0. The van der Waals surface area contributed by atoms with Crippen molar-refractivity contribution in [1.82, 2.24) is 4.98 Å². The van der Waals surface area contributed by atoms with Crippen molar-refractivity contribution in [3.05, 3.63) is 63.6 Å². The number of hydrogen-bond donors (Lipinski definition) is 0. The second-order valence-electron chi connectivity index (χ2n) is 3.83. The highest BCUT2D eigenvalue weighted by Crippen LogP contribution is 2.27. The van der Waals surface area contributed by atoms with Gasteiger partial charge < -0.3 is 0 Å². The lowest BCUT2D eigenvalue weighted by Crippen LogP contribution is -2.01. The lowest BCUT2D eigenvalue weighted by molar-refractivity contribution is 0.104. The van der Waals surface area contributed by atoms with Crippen molar-refractivity contribution in [3.63, 3.8) is 0 Å². The van der Waals surface area contributed by atoms with Gasteiger partial charge in [0.25, 0.3) is 0 Å². The van der Waals surface area contributed by atoms with Crippen LogP contribution >= 0.6 is 22.9 Å². The number of nitrogens with zero attached hydrogens (tertiary/aromatic N) is 1. The number of aromatic nitrogens is 1. The first kappa shape index (κ1) is 11.4. The molecule has 0 N–H and O–H groups in total. The van der Waals surface area contributed by atoms with Crippen LogP contribution in [0.2, 0.25) is 5.02 Å². The first-order valence-electron chi connectivity index (χ1n) is 5.38. The average molecular weight is 274 g/mol. The first-order chi connectivity index (χ1) is 8.77. The normalized spacial score (nSPS) is 10.7. The molecule has 3 rings (SSSR count). The van der Waals surface area contributed by atoms with Crippen molar-refractivity contribution in [1.29, 1.82) is 0 Å². The van der Waals surface area contributed by atoms with E-state index in [9.17, 15) is 4.79 Å². The quantitative estimate of drug-likeness (QED) is 0.656. The summed E-state index contributed by atoms with van der Waals surface area (Å²) in [5.74, 6) is -0.0701. The van der Waals surface area contributed by atoms with E-state index in [4.69, 9.17) is 11.6 Å². The van der Waals surface area contributed by atoms with Crippen LogP contribution in [0.25, 0.3) is 10.8 Å². The van der Waals surface area contributed by atoms with E-state index in [1.54, 1.807) is 18.5 Å². The Hall–Kier alpha value is -1.71. The van der Waals surface area contributed by atoms with Gasteiger partial charge in [-0.1, -0.05) is 35.9 Å². The number of thiophene rings is 1. The average Bonchev–Trinajstić information content (AvgIpc) is 2.83. The minimum Gasteiger partial charge on any atom is -0.288 e. The molecule has 0 aliphatic heterocycles. The molecule has 88 valence electrons. The standard InChI is InChI=1S/C14H8ClNOS/c15-12-5-6-18-14(12)13(17)11-8-16-7-9-3-1-2-4-10(9)11/h1-8H. The number of hydrogen-bond acceptors (Lipinski definition) is 3. The van der Waals surface area contributed by atoms with E-state index in [1.165, 1.54) is 11.3 Å². The number of carbonyl (C=O) groups excluding carboxylic acids is 1. The molecule has 1 aromatic carbocycles. The molecule has 2 nitrogen and oxygen atoms in total. The highest BCUT2D eigenvalue weighted by molar-refractivity contribution is 7.13. The third-order valence-electron chi connectivity index (χ3n) is 2.74. The zero-order chi connectivity index (χ0) is 12.5. The van der Waals surface area contributed by atoms with Crippen LogP contribution in [-0.2, 0) is 0 Å². The fraction of sp³-hybridized carbons (Fsp3) is 0. The van der Waals surface area contributed by atoms with Crippen LogP contribution in [0.5, 0.6) is 0 Å². The van der Waals surface area contributed by atoms with E-state index in [0.717, 1.165) is 10.8 Å². The van der Waals surface area contributed by atoms with Crippen LogP contribution in [0, 0.1) is 0 Å². The molecule has 4 heteroatoms. The maximum absolute atomic E-state index is 12.4. The molecule has 2 aromatic heterocycles. The smallest absolute Gasteiger partial charge is 0.206 e. The molecule has 0 fully saturated rings. The van der Waals surface area contributed by atoms with Crippen molar-refractivity contribution in [2.45, 2.75) is 0 Å². The fourth-order valence-electron chi connectivity index (χ4n) is 1.88. The topological polar surface area (TPSA) is 30.0 Å². The van der Waals surface area contributed by atoms with Crippen LogP contribution in [0.4, 0.5) is 0 Å². The molecular formula is C14H8ClNOS. The molecule has 0 saturated carbocycles. The molecule has 0 bridgehead atoms. The Morgan fingerprint density at radius 3 is 2.78 bits per heavy atom. The zero-order valence-corrected chi connectivity index (χ0v) is 10.8. The highest BCUT2D eigenvalue weighted by Gasteiger charge is 2.16. The van der Waals surface area contributed by atoms with Crippen LogP contribution in [0.1, 0.15) is 15.2 Å². The summed E-state index contributed by atoms with van der Waals surface area (Å²) in [5, 5.41) is 4.17. The maximum atomic E-state index is 12.4. The van der Waals surface area contributed by atoms with E-state index in [0.29, 0.717) is 15.5 Å². The predicted molar refractivity (Wildman–Crippen MR) is 74.5 cm³/mol. The van der Waals surface area contributed by atoms with Crippen molar-refractivity contribution in [2.24, 2.45) is 0 Å². The van der Waals surface area contributed by atoms with Gasteiger partial charge in [-0.2, -0.15) is 0 Å². The number of halogens is 1. The molecule has 0 amide bonds. The van der Waals surface area contributed by atoms with Gasteiger partial charge in [0, 0.05) is 23.3 Å². The zero-order valence-electron chi connectivity index (χ0n) is 9.26. The summed E-state index contributed by atoms with van der Waals surface area (Å²) in [6.45, 7) is 0. The Bertz CT molecular complexity index is 730. The van der Waals surface area contributed by atoms with Gasteiger partial charge in [-0.25, -0.2) is 0 Å². The number of ketones is 1. The van der Waals surface area contributed by atoms with Gasteiger partial charge in [0.2, 0.25) is 5.78 Å². The minimum absolute atomic E-state index is 0.0701. The highest BCUT2D eigenvalue weighted by atomic mass is 35.5. The molecule has 3 aromatic rings. The monoisotopic (exact) mass is 273 g/mol. The fourth-order valence-corrected chi connectivity index (χ4v) is 2.97. The molecule has 0 aliphatic rings. The van der Waals surface area contributed by atoms with Crippen molar-refractivity contribution >= 4 is 39.5 Å². The SMILES string of the molecule is O=C(c1sccc1Cl)c1cncc2ccccc12. The summed E-state index contributed by atoms with van der Waals surface area (Å²) >= 11 is 7.36. The van der Waals surface area contributed by atoms with Gasteiger partial charge in [-0.3, -0.25) is 9.78 Å². The second-order valence-corrected chi connectivity index (χ2v) is 5.16. The van der Waals surface area contributed by atoms with E-state index in [2.05, 4.69) is 4.98 Å². The summed E-state index contributed by atoms with van der Waals surface area (Å²) in [6, 6.07) is 9.43. The number of benzene rings is 1. The van der Waals surface area contributed by atoms with Gasteiger partial charge in [-0.05, 0) is 16.8 Å². The second kappa shape index (κ2) is 4.52. The molecule has 0 atom stereocenters. The van der Waals surface area contributed by atoms with Crippen LogP contribution < -0.4 is 0 Å². The maximum Gasteiger partial charge on any atom is 0.206 e. The molecular weight excluding hydrogens is 266 g/mol. The summed E-state index contributed by atoms with van der Waals surface area (Å²) < 4.78 is 0. The molecule has 0 radical (unpaired) electrons. The van der Waals surface area contributed by atoms with Crippen LogP contribution in [-0.4, -0.2) is 10.8 Å². The molecule has 0 aliphatic carbocycles. The third-order valence-corrected chi connectivity index (χ3v) is 4.08. The van der Waals surface area contributed by atoms with Gasteiger partial charge in [-0.15, -0.1) is 11.3 Å². The summed E-state index contributed by atoms with van der Waals surface area (Å²) in [5.41, 5.74) is 0.595. The Kier molecular flexibility index (Phi) is 2.86. The van der Waals surface area contributed by atoms with E-state index in [-0.39, 0.29) is 5.78 Å². The Morgan fingerprint density at radius 1 is 1.17 bits per heavy atom. The lowest BCUT2D eigenvalue weighted by atomic mass is 10.0. The number of pyridine rings is 1. The summed E-state index contributed by atoms with van der Waals surface area (Å²) in [4.78, 5) is 17.1. The largest absolute Gasteiger partial charge is 0.288 e. The third kappa shape index (κ3) is 1.82. The van der Waals surface area contributed by atoms with Gasteiger partial charge in [0.05, 0.1) is 9.90 Å². The minimum atomic E-state index is -0.0701. The lowest BCUT2D eigenvalue weighted by Gasteiger charge is -2.03. The van der Waals surface area contributed by atoms with Gasteiger partial charge >= 0.3 is 0 Å². The van der Waals surface area contributed by atoms with Gasteiger partial charge in [0.1, 0.15) is 0 Å². The van der Waals surface area contributed by atoms with Crippen LogP contribution in [0.3, 0.4) is 0 Å². The van der Waals surface area contributed by atoms with E-state index >= 15 is 0 Å². The predicted octanol–water partition coefficient (Wildman–Crippen LogP) is 4.18. The Balaban J connectivity index is 2.21. The Labute approximate surface area is 113 Å². The Morgan fingerprint density at radius 2 is 2.00 bits per heavy atom. The molecule has 2 heterocycles. The summed E-state index contributed by atoms with van der Waals surface area (Å²) in [6.07, 6.45) is 3.35. The van der Waals surface area contributed by atoms with E-state index in [1.807, 2.05) is 29.6 Å². The molecule has 0 spiro atoms. The van der Waals surface area contributed by atoms with Crippen molar-refractivity contribution < 1.29 is 4.79 Å². The first-order valence-corrected chi connectivity index (χ1v) is 6.63. The molecule has 0 unspecified atom stereocenters. The van der Waals surface area contributed by atoms with E-state index < -0.39 is 0 Å². The molecule has 0 saturated heterocycles. The number of fused-ring (bicyclic) bond motifs is 1. The van der Waals surface area contributed by atoms with Crippen molar-refractivity contribution in [2.75, 3.05) is 0 Å². The van der Waals surface area contributed by atoms with Gasteiger partial charge in [0.15, 0.2) is 0 Å². The molecule has 18 heavy (non-hydrogen) atoms.